The summed E-state index contributed by atoms with van der Waals surface area (Å²) in [6, 6.07) is 3.21. The van der Waals surface area contributed by atoms with Crippen LogP contribution in [0.25, 0.3) is 0 Å². The predicted octanol–water partition coefficient (Wildman–Crippen LogP) is 2.09. The molecular formula is C18H26N6O3S. The topological polar surface area (TPSA) is 105 Å². The highest BCUT2D eigenvalue weighted by Gasteiger charge is 2.26. The Balaban J connectivity index is 1.81. The maximum absolute atomic E-state index is 12.2. The Morgan fingerprint density at radius 1 is 1.43 bits per heavy atom. The van der Waals surface area contributed by atoms with Crippen LogP contribution in [0.15, 0.2) is 28.0 Å². The van der Waals surface area contributed by atoms with Crippen molar-refractivity contribution in [3.8, 4) is 0 Å². The molecule has 1 aliphatic heterocycles. The number of anilines is 1. The van der Waals surface area contributed by atoms with Gasteiger partial charge in [-0.25, -0.2) is 4.79 Å². The van der Waals surface area contributed by atoms with Crippen LogP contribution in [-0.2, 0) is 11.3 Å². The second-order valence-electron chi connectivity index (χ2n) is 6.97. The summed E-state index contributed by atoms with van der Waals surface area (Å²) in [4.78, 5) is 25.9. The fraction of sp³-hybridized carbons (Fsp3) is 0.556. The van der Waals surface area contributed by atoms with Crippen molar-refractivity contribution in [2.24, 2.45) is 5.92 Å². The van der Waals surface area contributed by atoms with Gasteiger partial charge in [-0.15, -0.1) is 10.2 Å². The Morgan fingerprint density at radius 3 is 2.93 bits per heavy atom. The van der Waals surface area contributed by atoms with E-state index >= 15 is 0 Å². The lowest BCUT2D eigenvalue weighted by Gasteiger charge is -2.31. The lowest BCUT2D eigenvalue weighted by Crippen LogP contribution is -2.41. The molecule has 1 saturated heterocycles. The van der Waals surface area contributed by atoms with Gasteiger partial charge in [0.15, 0.2) is 5.16 Å². The molecule has 0 aromatic carbocycles. The van der Waals surface area contributed by atoms with Crippen LogP contribution in [-0.4, -0.2) is 52.1 Å². The quantitative estimate of drug-likeness (QED) is 0.708. The molecule has 3 rings (SSSR count). The maximum Gasteiger partial charge on any atom is 0.321 e. The van der Waals surface area contributed by atoms with Gasteiger partial charge in [0.05, 0.1) is 18.1 Å². The first kappa shape index (κ1) is 20.2. The molecule has 2 aromatic heterocycles. The largest absolute Gasteiger partial charge is 0.467 e. The van der Waals surface area contributed by atoms with Crippen molar-refractivity contribution in [3.63, 3.8) is 0 Å². The van der Waals surface area contributed by atoms with Gasteiger partial charge in [-0.1, -0.05) is 18.7 Å². The molecule has 3 heterocycles. The van der Waals surface area contributed by atoms with Crippen molar-refractivity contribution in [1.82, 2.24) is 25.4 Å². The fourth-order valence-electron chi connectivity index (χ4n) is 3.16. The molecule has 3 amide bonds. The molecule has 2 aromatic rings. The van der Waals surface area contributed by atoms with Gasteiger partial charge in [0.2, 0.25) is 11.9 Å². The molecule has 0 spiro atoms. The maximum atomic E-state index is 12.2. The molecule has 0 radical (unpaired) electrons. The number of furan rings is 1. The third-order valence-corrected chi connectivity index (χ3v) is 5.73. The molecule has 9 nitrogen and oxygen atoms in total. The minimum atomic E-state index is -0.530. The molecular weight excluding hydrogens is 380 g/mol. The normalized spacial score (nSPS) is 18.0. The number of carbonyl (C=O) groups excluding carboxylic acids is 2. The molecule has 2 N–H and O–H groups in total. The average molecular weight is 407 g/mol. The number of urea groups is 1. The van der Waals surface area contributed by atoms with Gasteiger partial charge in [0.1, 0.15) is 5.76 Å². The van der Waals surface area contributed by atoms with E-state index in [1.165, 1.54) is 25.2 Å². The second-order valence-corrected chi connectivity index (χ2v) is 8.28. The molecule has 2 atom stereocenters. The Labute approximate surface area is 168 Å². The van der Waals surface area contributed by atoms with Crippen molar-refractivity contribution in [2.45, 2.75) is 43.6 Å². The lowest BCUT2D eigenvalue weighted by atomic mass is 10.0. The van der Waals surface area contributed by atoms with Crippen LogP contribution < -0.4 is 15.5 Å². The van der Waals surface area contributed by atoms with Crippen LogP contribution in [0.1, 0.15) is 32.4 Å². The van der Waals surface area contributed by atoms with Gasteiger partial charge < -0.3 is 14.6 Å². The van der Waals surface area contributed by atoms with Crippen LogP contribution in [0.5, 0.6) is 0 Å². The summed E-state index contributed by atoms with van der Waals surface area (Å²) in [6.45, 7) is 6.30. The van der Waals surface area contributed by atoms with Crippen molar-refractivity contribution in [2.75, 3.05) is 25.0 Å². The smallest absolute Gasteiger partial charge is 0.321 e. The van der Waals surface area contributed by atoms with E-state index in [0.717, 1.165) is 31.2 Å². The molecule has 0 bridgehead atoms. The number of piperidine rings is 1. The first-order valence-electron chi connectivity index (χ1n) is 9.37. The van der Waals surface area contributed by atoms with E-state index in [1.54, 1.807) is 13.2 Å². The summed E-state index contributed by atoms with van der Waals surface area (Å²) in [5.41, 5.74) is 0. The predicted molar refractivity (Wildman–Crippen MR) is 106 cm³/mol. The molecule has 28 heavy (non-hydrogen) atoms. The monoisotopic (exact) mass is 406 g/mol. The van der Waals surface area contributed by atoms with E-state index in [-0.39, 0.29) is 5.91 Å². The average Bonchev–Trinajstić information content (AvgIpc) is 3.32. The highest BCUT2D eigenvalue weighted by molar-refractivity contribution is 8.00. The molecule has 2 unspecified atom stereocenters. The molecule has 10 heteroatoms. The van der Waals surface area contributed by atoms with Crippen LogP contribution >= 0.6 is 11.8 Å². The molecule has 0 saturated carbocycles. The van der Waals surface area contributed by atoms with Crippen LogP contribution in [0, 0.1) is 5.92 Å². The second kappa shape index (κ2) is 9.13. The first-order chi connectivity index (χ1) is 13.5. The first-order valence-corrected chi connectivity index (χ1v) is 10.3. The number of aromatic nitrogens is 3. The summed E-state index contributed by atoms with van der Waals surface area (Å²) in [7, 11) is 1.46. The van der Waals surface area contributed by atoms with Gasteiger partial charge in [0, 0.05) is 20.1 Å². The fourth-order valence-corrected chi connectivity index (χ4v) is 4.00. The van der Waals surface area contributed by atoms with Gasteiger partial charge in [-0.3, -0.25) is 14.7 Å². The van der Waals surface area contributed by atoms with E-state index < -0.39 is 11.3 Å². The van der Waals surface area contributed by atoms with Crippen LogP contribution in [0.3, 0.4) is 0 Å². The number of thioether (sulfide) groups is 1. The zero-order chi connectivity index (χ0) is 20.1. The van der Waals surface area contributed by atoms with E-state index in [1.807, 2.05) is 16.7 Å². The van der Waals surface area contributed by atoms with E-state index in [4.69, 9.17) is 4.42 Å². The highest BCUT2D eigenvalue weighted by Crippen LogP contribution is 2.29. The van der Waals surface area contributed by atoms with Crippen molar-refractivity contribution >= 4 is 29.6 Å². The van der Waals surface area contributed by atoms with Crippen LogP contribution in [0.4, 0.5) is 10.7 Å². The summed E-state index contributed by atoms with van der Waals surface area (Å²) in [5, 5.41) is 13.5. The molecule has 0 aliphatic carbocycles. The minimum absolute atomic E-state index is 0.384. The summed E-state index contributed by atoms with van der Waals surface area (Å²) in [6.07, 6.45) is 3.96. The number of nitrogens with one attached hydrogen (secondary N) is 2. The van der Waals surface area contributed by atoms with Gasteiger partial charge in [-0.2, -0.15) is 0 Å². The third kappa shape index (κ3) is 4.86. The number of carbonyl (C=O) groups is 2. The molecule has 152 valence electrons. The standard InChI is InChI=1S/C18H26N6O3S/c1-12-6-4-8-23(10-12)17-21-22-18(24(17)11-14-7-5-9-27-14)28-13(2)15(25)20-16(26)19-3/h5,7,9,12-13H,4,6,8,10-11H2,1-3H3,(H2,19,20,25,26). The zero-order valence-corrected chi connectivity index (χ0v) is 17.2. The molecule has 1 fully saturated rings. The number of hydrogen-bond acceptors (Lipinski definition) is 7. The van der Waals surface area contributed by atoms with Crippen molar-refractivity contribution < 1.29 is 14.0 Å². The lowest BCUT2D eigenvalue weighted by molar-refractivity contribution is -0.119. The molecule has 1 aliphatic rings. The number of rotatable bonds is 6. The Kier molecular flexibility index (Phi) is 6.61. The summed E-state index contributed by atoms with van der Waals surface area (Å²) >= 11 is 1.27. The van der Waals surface area contributed by atoms with Crippen molar-refractivity contribution in [3.05, 3.63) is 24.2 Å². The number of nitrogens with zero attached hydrogens (tertiary/aromatic N) is 4. The van der Waals surface area contributed by atoms with E-state index in [9.17, 15) is 9.59 Å². The highest BCUT2D eigenvalue weighted by atomic mass is 32.2. The SMILES string of the molecule is CNC(=O)NC(=O)C(C)Sc1nnc(N2CCCC(C)C2)n1Cc1ccco1. The van der Waals surface area contributed by atoms with E-state index in [0.29, 0.717) is 17.6 Å². The number of hydrogen-bond donors (Lipinski definition) is 2. The van der Waals surface area contributed by atoms with Gasteiger partial charge in [0.25, 0.3) is 0 Å². The van der Waals surface area contributed by atoms with Crippen molar-refractivity contribution in [1.29, 1.82) is 0 Å². The zero-order valence-electron chi connectivity index (χ0n) is 16.3. The number of amides is 3. The van der Waals surface area contributed by atoms with E-state index in [2.05, 4.69) is 32.7 Å². The van der Waals surface area contributed by atoms with Gasteiger partial charge >= 0.3 is 6.03 Å². The summed E-state index contributed by atoms with van der Waals surface area (Å²) < 4.78 is 7.49. The van der Waals surface area contributed by atoms with Crippen LogP contribution in [0.2, 0.25) is 0 Å². The Bertz CT molecular complexity index is 806. The Hall–Kier alpha value is -2.49. The number of imide groups is 1. The van der Waals surface area contributed by atoms with Gasteiger partial charge in [-0.05, 0) is 37.8 Å². The minimum Gasteiger partial charge on any atom is -0.467 e. The summed E-state index contributed by atoms with van der Waals surface area (Å²) in [5.74, 6) is 1.78. The Morgan fingerprint density at radius 2 is 2.25 bits per heavy atom. The third-order valence-electron chi connectivity index (χ3n) is 4.65.